The number of aromatic nitrogens is 1. The minimum atomic E-state index is -0.196. The van der Waals surface area contributed by atoms with Gasteiger partial charge in [-0.2, -0.15) is 0 Å². The summed E-state index contributed by atoms with van der Waals surface area (Å²) in [5.74, 6) is 0.928. The predicted octanol–water partition coefficient (Wildman–Crippen LogP) is 2.38. The van der Waals surface area contributed by atoms with Gasteiger partial charge in [0.1, 0.15) is 5.75 Å². The van der Waals surface area contributed by atoms with Crippen LogP contribution in [0.5, 0.6) is 5.75 Å². The van der Waals surface area contributed by atoms with Crippen LogP contribution in [-0.2, 0) is 6.42 Å². The third-order valence-corrected chi connectivity index (χ3v) is 3.13. The Hall–Kier alpha value is -1.09. The Balaban J connectivity index is 3.07. The average Bonchev–Trinajstić information content (AvgIpc) is 2.23. The third-order valence-electron chi connectivity index (χ3n) is 3.13. The van der Waals surface area contributed by atoms with Crippen LogP contribution in [0.3, 0.4) is 0 Å². The zero-order valence-electron chi connectivity index (χ0n) is 10.9. The van der Waals surface area contributed by atoms with E-state index in [2.05, 4.69) is 18.8 Å². The largest absolute Gasteiger partial charge is 0.496 e. The fourth-order valence-electron chi connectivity index (χ4n) is 1.76. The van der Waals surface area contributed by atoms with Crippen LogP contribution in [0.4, 0.5) is 0 Å². The summed E-state index contributed by atoms with van der Waals surface area (Å²) in [7, 11) is 1.70. The van der Waals surface area contributed by atoms with Gasteiger partial charge in [-0.3, -0.25) is 4.98 Å². The maximum atomic E-state index is 6.17. The third kappa shape index (κ3) is 2.73. The summed E-state index contributed by atoms with van der Waals surface area (Å²) >= 11 is 0. The number of nitrogens with zero attached hydrogens (tertiary/aromatic N) is 1. The van der Waals surface area contributed by atoms with E-state index in [4.69, 9.17) is 10.5 Å². The molecule has 0 bridgehead atoms. The van der Waals surface area contributed by atoms with Crippen LogP contribution in [0.25, 0.3) is 0 Å². The second-order valence-corrected chi connectivity index (χ2v) is 4.73. The molecule has 1 unspecified atom stereocenters. The zero-order chi connectivity index (χ0) is 12.3. The number of nitrogens with two attached hydrogens (primary N) is 1. The van der Waals surface area contributed by atoms with Crippen molar-refractivity contribution >= 4 is 0 Å². The molecule has 0 aromatic carbocycles. The average molecular weight is 222 g/mol. The van der Waals surface area contributed by atoms with E-state index in [1.807, 2.05) is 20.0 Å². The number of pyridine rings is 1. The van der Waals surface area contributed by atoms with Gasteiger partial charge in [0, 0.05) is 35.0 Å². The monoisotopic (exact) mass is 222 g/mol. The minimum absolute atomic E-state index is 0.196. The SMILES string of the molecule is CCC(C)(N)Cc1ncc(C)c(OC)c1C. The van der Waals surface area contributed by atoms with E-state index in [1.54, 1.807) is 7.11 Å². The van der Waals surface area contributed by atoms with Crippen molar-refractivity contribution in [3.63, 3.8) is 0 Å². The molecule has 0 saturated heterocycles. The number of hydrogen-bond acceptors (Lipinski definition) is 3. The summed E-state index contributed by atoms with van der Waals surface area (Å²) < 4.78 is 5.38. The molecule has 0 aliphatic heterocycles. The van der Waals surface area contributed by atoms with E-state index < -0.39 is 0 Å². The first-order valence-corrected chi connectivity index (χ1v) is 5.69. The molecular formula is C13H22N2O. The van der Waals surface area contributed by atoms with Gasteiger partial charge >= 0.3 is 0 Å². The second kappa shape index (κ2) is 4.83. The molecular weight excluding hydrogens is 200 g/mol. The molecule has 1 atom stereocenters. The quantitative estimate of drug-likeness (QED) is 0.851. The van der Waals surface area contributed by atoms with Crippen LogP contribution in [-0.4, -0.2) is 17.6 Å². The van der Waals surface area contributed by atoms with Crippen molar-refractivity contribution < 1.29 is 4.74 Å². The van der Waals surface area contributed by atoms with Gasteiger partial charge in [0.15, 0.2) is 0 Å². The van der Waals surface area contributed by atoms with E-state index in [9.17, 15) is 0 Å². The molecule has 1 rings (SSSR count). The van der Waals surface area contributed by atoms with Gasteiger partial charge in [-0.15, -0.1) is 0 Å². The van der Waals surface area contributed by atoms with Crippen LogP contribution in [0, 0.1) is 13.8 Å². The summed E-state index contributed by atoms with van der Waals surface area (Å²) in [6.07, 6.45) is 3.57. The Labute approximate surface area is 98.0 Å². The number of rotatable bonds is 4. The fourth-order valence-corrected chi connectivity index (χ4v) is 1.76. The molecule has 0 radical (unpaired) electrons. The molecule has 1 heterocycles. The molecule has 0 amide bonds. The molecule has 0 aliphatic carbocycles. The second-order valence-electron chi connectivity index (χ2n) is 4.73. The highest BCUT2D eigenvalue weighted by Gasteiger charge is 2.20. The van der Waals surface area contributed by atoms with Crippen molar-refractivity contribution in [3.8, 4) is 5.75 Å². The molecule has 0 aliphatic rings. The molecule has 90 valence electrons. The molecule has 0 saturated carbocycles. The van der Waals surface area contributed by atoms with E-state index in [1.165, 1.54) is 0 Å². The standard InChI is InChI=1S/C13H22N2O/c1-6-13(4,14)7-11-10(3)12(16-5)9(2)8-15-11/h8H,6-7,14H2,1-5H3. The van der Waals surface area contributed by atoms with Gasteiger partial charge in [0.05, 0.1) is 7.11 Å². The van der Waals surface area contributed by atoms with Crippen molar-refractivity contribution in [2.24, 2.45) is 5.73 Å². The topological polar surface area (TPSA) is 48.1 Å². The van der Waals surface area contributed by atoms with Gasteiger partial charge < -0.3 is 10.5 Å². The maximum Gasteiger partial charge on any atom is 0.128 e. The Morgan fingerprint density at radius 3 is 2.56 bits per heavy atom. The summed E-state index contributed by atoms with van der Waals surface area (Å²) in [4.78, 5) is 4.46. The predicted molar refractivity (Wildman–Crippen MR) is 66.9 cm³/mol. The highest BCUT2D eigenvalue weighted by Crippen LogP contribution is 2.26. The Morgan fingerprint density at radius 1 is 1.44 bits per heavy atom. The van der Waals surface area contributed by atoms with Crippen LogP contribution < -0.4 is 10.5 Å². The number of hydrogen-bond donors (Lipinski definition) is 1. The molecule has 0 fully saturated rings. The highest BCUT2D eigenvalue weighted by molar-refractivity contribution is 5.41. The van der Waals surface area contributed by atoms with Crippen LogP contribution in [0.2, 0.25) is 0 Å². The van der Waals surface area contributed by atoms with Gasteiger partial charge in [-0.25, -0.2) is 0 Å². The van der Waals surface area contributed by atoms with E-state index in [0.29, 0.717) is 0 Å². The molecule has 16 heavy (non-hydrogen) atoms. The van der Waals surface area contributed by atoms with Gasteiger partial charge in [-0.1, -0.05) is 6.92 Å². The summed E-state index contributed by atoms with van der Waals surface area (Å²) in [6.45, 7) is 8.20. The smallest absolute Gasteiger partial charge is 0.128 e. The molecule has 0 spiro atoms. The van der Waals surface area contributed by atoms with Gasteiger partial charge in [0.25, 0.3) is 0 Å². The van der Waals surface area contributed by atoms with Crippen molar-refractivity contribution in [2.45, 2.75) is 46.1 Å². The summed E-state index contributed by atoms with van der Waals surface area (Å²) in [5.41, 5.74) is 9.18. The van der Waals surface area contributed by atoms with E-state index in [-0.39, 0.29) is 5.54 Å². The molecule has 3 nitrogen and oxygen atoms in total. The molecule has 3 heteroatoms. The van der Waals surface area contributed by atoms with Crippen molar-refractivity contribution in [1.82, 2.24) is 4.98 Å². The van der Waals surface area contributed by atoms with Gasteiger partial charge in [0.2, 0.25) is 0 Å². The first-order chi connectivity index (χ1) is 7.41. The molecule has 2 N–H and O–H groups in total. The van der Waals surface area contributed by atoms with Crippen LogP contribution in [0.1, 0.15) is 37.1 Å². The van der Waals surface area contributed by atoms with E-state index >= 15 is 0 Å². The van der Waals surface area contributed by atoms with Crippen LogP contribution in [0.15, 0.2) is 6.20 Å². The number of ether oxygens (including phenoxy) is 1. The van der Waals surface area contributed by atoms with E-state index in [0.717, 1.165) is 35.4 Å². The molecule has 1 aromatic heterocycles. The maximum absolute atomic E-state index is 6.17. The first kappa shape index (κ1) is 13.0. The lowest BCUT2D eigenvalue weighted by molar-refractivity contribution is 0.403. The lowest BCUT2D eigenvalue weighted by Gasteiger charge is -2.23. The van der Waals surface area contributed by atoms with Crippen LogP contribution >= 0.6 is 0 Å². The zero-order valence-corrected chi connectivity index (χ0v) is 10.9. The summed E-state index contributed by atoms with van der Waals surface area (Å²) in [6, 6.07) is 0. The Morgan fingerprint density at radius 2 is 2.06 bits per heavy atom. The lowest BCUT2D eigenvalue weighted by atomic mass is 9.92. The summed E-state index contributed by atoms with van der Waals surface area (Å²) in [5, 5.41) is 0. The van der Waals surface area contributed by atoms with Crippen molar-refractivity contribution in [2.75, 3.05) is 7.11 Å². The van der Waals surface area contributed by atoms with Crippen molar-refractivity contribution in [1.29, 1.82) is 0 Å². The highest BCUT2D eigenvalue weighted by atomic mass is 16.5. The Bertz CT molecular complexity index is 372. The number of aryl methyl sites for hydroxylation is 1. The number of methoxy groups -OCH3 is 1. The first-order valence-electron chi connectivity index (χ1n) is 5.69. The molecule has 1 aromatic rings. The fraction of sp³-hybridized carbons (Fsp3) is 0.615. The minimum Gasteiger partial charge on any atom is -0.496 e. The normalized spacial score (nSPS) is 14.6. The Kier molecular flexibility index (Phi) is 3.92. The van der Waals surface area contributed by atoms with Crippen molar-refractivity contribution in [3.05, 3.63) is 23.0 Å². The lowest BCUT2D eigenvalue weighted by Crippen LogP contribution is -2.38. The van der Waals surface area contributed by atoms with Gasteiger partial charge in [-0.05, 0) is 27.2 Å².